The number of hydrogen-bond donors (Lipinski definition) is 2. The summed E-state index contributed by atoms with van der Waals surface area (Å²) in [5, 5.41) is 11.6. The van der Waals surface area contributed by atoms with Crippen LogP contribution in [-0.4, -0.2) is 36.2 Å². The van der Waals surface area contributed by atoms with Crippen molar-refractivity contribution in [2.24, 2.45) is 5.41 Å². The highest BCUT2D eigenvalue weighted by atomic mass is 16.6. The predicted octanol–water partition coefficient (Wildman–Crippen LogP) is 2.47. The van der Waals surface area contributed by atoms with E-state index in [1.165, 1.54) is 4.90 Å². The highest BCUT2D eigenvalue weighted by Gasteiger charge is 2.26. The standard InChI is InChI=1S/C16H20N2O5/c1-16(2,10-14(20)21)9-13(19)17-11-4-3-5-12(8-11)18-6-7-23-15(18)22/h3-5,8H,6-7,9-10H2,1-2H3,(H,17,19)(H,20,21). The molecule has 1 aliphatic heterocycles. The fourth-order valence-corrected chi connectivity index (χ4v) is 2.49. The van der Waals surface area contributed by atoms with Gasteiger partial charge in [-0.2, -0.15) is 0 Å². The lowest BCUT2D eigenvalue weighted by atomic mass is 9.85. The molecular weight excluding hydrogens is 300 g/mol. The van der Waals surface area contributed by atoms with Crippen LogP contribution in [0.2, 0.25) is 0 Å². The van der Waals surface area contributed by atoms with Gasteiger partial charge in [0.05, 0.1) is 13.0 Å². The Kier molecular flexibility index (Phi) is 4.88. The number of carboxylic acid groups (broad SMARTS) is 1. The summed E-state index contributed by atoms with van der Waals surface area (Å²) >= 11 is 0. The van der Waals surface area contributed by atoms with Gasteiger partial charge in [-0.25, -0.2) is 4.79 Å². The zero-order chi connectivity index (χ0) is 17.0. The first-order valence-electron chi connectivity index (χ1n) is 7.33. The van der Waals surface area contributed by atoms with Gasteiger partial charge in [-0.1, -0.05) is 19.9 Å². The fraction of sp³-hybridized carbons (Fsp3) is 0.438. The van der Waals surface area contributed by atoms with Crippen LogP contribution >= 0.6 is 0 Å². The minimum Gasteiger partial charge on any atom is -0.481 e. The Morgan fingerprint density at radius 3 is 2.70 bits per heavy atom. The van der Waals surface area contributed by atoms with Crippen molar-refractivity contribution in [1.29, 1.82) is 0 Å². The quantitative estimate of drug-likeness (QED) is 0.839. The number of ether oxygens (including phenoxy) is 1. The van der Waals surface area contributed by atoms with Crippen LogP contribution in [-0.2, 0) is 14.3 Å². The predicted molar refractivity (Wildman–Crippen MR) is 84.4 cm³/mol. The zero-order valence-corrected chi connectivity index (χ0v) is 13.2. The van der Waals surface area contributed by atoms with Gasteiger partial charge in [-0.15, -0.1) is 0 Å². The molecule has 0 bridgehead atoms. The van der Waals surface area contributed by atoms with Crippen LogP contribution in [0.5, 0.6) is 0 Å². The molecule has 0 atom stereocenters. The lowest BCUT2D eigenvalue weighted by molar-refractivity contribution is -0.139. The first kappa shape index (κ1) is 16.8. The van der Waals surface area contributed by atoms with Crippen molar-refractivity contribution in [2.45, 2.75) is 26.7 Å². The second kappa shape index (κ2) is 6.68. The average molecular weight is 320 g/mol. The number of amides is 2. The van der Waals surface area contributed by atoms with Crippen LogP contribution in [0.1, 0.15) is 26.7 Å². The molecule has 0 saturated carbocycles. The maximum Gasteiger partial charge on any atom is 0.414 e. The molecule has 124 valence electrons. The Hall–Kier alpha value is -2.57. The van der Waals surface area contributed by atoms with Crippen LogP contribution in [0.25, 0.3) is 0 Å². The molecule has 0 radical (unpaired) electrons. The minimum absolute atomic E-state index is 0.0833. The molecule has 0 aliphatic carbocycles. The second-order valence-corrected chi connectivity index (χ2v) is 6.28. The SMILES string of the molecule is CC(C)(CC(=O)O)CC(=O)Nc1cccc(N2CCOC2=O)c1. The summed E-state index contributed by atoms with van der Waals surface area (Å²) in [6.07, 6.45) is -0.397. The third kappa shape index (κ3) is 4.70. The topological polar surface area (TPSA) is 95.9 Å². The van der Waals surface area contributed by atoms with Gasteiger partial charge in [-0.3, -0.25) is 14.5 Å². The molecule has 1 fully saturated rings. The molecule has 2 N–H and O–H groups in total. The van der Waals surface area contributed by atoms with Crippen molar-refractivity contribution < 1.29 is 24.2 Å². The largest absolute Gasteiger partial charge is 0.481 e. The first-order valence-corrected chi connectivity index (χ1v) is 7.33. The Bertz CT molecular complexity index is 627. The normalized spacial score (nSPS) is 14.5. The van der Waals surface area contributed by atoms with Crippen LogP contribution in [0.4, 0.5) is 16.2 Å². The molecule has 1 aromatic carbocycles. The van der Waals surface area contributed by atoms with Crippen LogP contribution in [0.15, 0.2) is 24.3 Å². The number of hydrogen-bond acceptors (Lipinski definition) is 4. The molecular formula is C16H20N2O5. The van der Waals surface area contributed by atoms with Gasteiger partial charge in [0.1, 0.15) is 6.61 Å². The summed E-state index contributed by atoms with van der Waals surface area (Å²) in [6.45, 7) is 4.29. The Labute approximate surface area is 134 Å². The van der Waals surface area contributed by atoms with Crippen molar-refractivity contribution in [3.8, 4) is 0 Å². The van der Waals surface area contributed by atoms with Gasteiger partial charge in [-0.05, 0) is 23.6 Å². The zero-order valence-electron chi connectivity index (χ0n) is 13.2. The molecule has 7 nitrogen and oxygen atoms in total. The van der Waals surface area contributed by atoms with Crippen molar-refractivity contribution >= 4 is 29.3 Å². The van der Waals surface area contributed by atoms with Gasteiger partial charge < -0.3 is 15.2 Å². The highest BCUT2D eigenvalue weighted by Crippen LogP contribution is 2.27. The Balaban J connectivity index is 2.01. The monoisotopic (exact) mass is 320 g/mol. The van der Waals surface area contributed by atoms with E-state index >= 15 is 0 Å². The lowest BCUT2D eigenvalue weighted by Gasteiger charge is -2.21. The third-order valence-electron chi connectivity index (χ3n) is 3.47. The summed E-state index contributed by atoms with van der Waals surface area (Å²) in [5.74, 6) is -1.20. The summed E-state index contributed by atoms with van der Waals surface area (Å²) < 4.78 is 4.89. The Morgan fingerprint density at radius 1 is 1.35 bits per heavy atom. The highest BCUT2D eigenvalue weighted by molar-refractivity contribution is 5.94. The first-order chi connectivity index (χ1) is 10.8. The van der Waals surface area contributed by atoms with Gasteiger partial charge in [0.15, 0.2) is 0 Å². The Morgan fingerprint density at radius 2 is 2.09 bits per heavy atom. The molecule has 7 heteroatoms. The van der Waals surface area contributed by atoms with Crippen LogP contribution < -0.4 is 10.2 Å². The number of cyclic esters (lactones) is 1. The molecule has 0 unspecified atom stereocenters. The second-order valence-electron chi connectivity index (χ2n) is 6.28. The molecule has 2 amide bonds. The lowest BCUT2D eigenvalue weighted by Crippen LogP contribution is -2.25. The van der Waals surface area contributed by atoms with E-state index in [4.69, 9.17) is 9.84 Å². The van der Waals surface area contributed by atoms with E-state index in [2.05, 4.69) is 5.32 Å². The molecule has 1 aliphatic rings. The number of rotatable bonds is 6. The average Bonchev–Trinajstić information content (AvgIpc) is 2.82. The molecule has 0 spiro atoms. The summed E-state index contributed by atoms with van der Waals surface area (Å²) in [6, 6.07) is 6.90. The summed E-state index contributed by atoms with van der Waals surface area (Å²) in [7, 11) is 0. The van der Waals surface area contributed by atoms with E-state index in [0.29, 0.717) is 24.5 Å². The van der Waals surface area contributed by atoms with Crippen LogP contribution in [0.3, 0.4) is 0 Å². The number of carboxylic acids is 1. The number of nitrogens with zero attached hydrogens (tertiary/aromatic N) is 1. The molecule has 1 heterocycles. The summed E-state index contributed by atoms with van der Waals surface area (Å²) in [4.78, 5) is 35.9. The number of aliphatic carboxylic acids is 1. The van der Waals surface area contributed by atoms with Crippen molar-refractivity contribution in [3.63, 3.8) is 0 Å². The van der Waals surface area contributed by atoms with Gasteiger partial charge >= 0.3 is 12.1 Å². The van der Waals surface area contributed by atoms with E-state index in [0.717, 1.165) is 0 Å². The molecule has 0 aromatic heterocycles. The molecule has 23 heavy (non-hydrogen) atoms. The molecule has 2 rings (SSSR count). The van der Waals surface area contributed by atoms with E-state index in [9.17, 15) is 14.4 Å². The number of carbonyl (C=O) groups is 3. The number of carbonyl (C=O) groups excluding carboxylic acids is 2. The third-order valence-corrected chi connectivity index (χ3v) is 3.47. The van der Waals surface area contributed by atoms with Gasteiger partial charge in [0.2, 0.25) is 5.91 Å². The van der Waals surface area contributed by atoms with Crippen molar-refractivity contribution in [3.05, 3.63) is 24.3 Å². The van der Waals surface area contributed by atoms with E-state index in [1.54, 1.807) is 38.1 Å². The van der Waals surface area contributed by atoms with E-state index in [-0.39, 0.29) is 18.7 Å². The fourth-order valence-electron chi connectivity index (χ4n) is 2.49. The molecule has 1 aromatic rings. The molecule has 1 saturated heterocycles. The summed E-state index contributed by atoms with van der Waals surface area (Å²) in [5.41, 5.74) is 0.570. The smallest absolute Gasteiger partial charge is 0.414 e. The van der Waals surface area contributed by atoms with Crippen LogP contribution in [0, 0.1) is 5.41 Å². The number of benzene rings is 1. The minimum atomic E-state index is -0.933. The van der Waals surface area contributed by atoms with Crippen molar-refractivity contribution in [1.82, 2.24) is 0 Å². The van der Waals surface area contributed by atoms with E-state index in [1.807, 2.05) is 0 Å². The number of nitrogens with one attached hydrogen (secondary N) is 1. The van der Waals surface area contributed by atoms with Gasteiger partial charge in [0, 0.05) is 17.8 Å². The van der Waals surface area contributed by atoms with E-state index < -0.39 is 17.5 Å². The van der Waals surface area contributed by atoms with Gasteiger partial charge in [0.25, 0.3) is 0 Å². The van der Waals surface area contributed by atoms with Crippen molar-refractivity contribution in [2.75, 3.05) is 23.4 Å². The maximum atomic E-state index is 12.1. The number of anilines is 2. The maximum absolute atomic E-state index is 12.1.